The van der Waals surface area contributed by atoms with Crippen molar-refractivity contribution in [3.05, 3.63) is 71.0 Å². The summed E-state index contributed by atoms with van der Waals surface area (Å²) in [6, 6.07) is 14.0. The van der Waals surface area contributed by atoms with Crippen molar-refractivity contribution in [2.45, 2.75) is 26.2 Å². The molecule has 1 saturated carbocycles. The Balaban J connectivity index is 0.000000878. The fraction of sp³-hybridized carbons (Fsp3) is 0.304. The second kappa shape index (κ2) is 10.5. The van der Waals surface area contributed by atoms with Gasteiger partial charge in [0, 0.05) is 37.1 Å². The van der Waals surface area contributed by atoms with Crippen molar-refractivity contribution in [1.29, 1.82) is 0 Å². The Kier molecular flexibility index (Phi) is 8.08. The summed E-state index contributed by atoms with van der Waals surface area (Å²) in [5.74, 6) is -0.346. The van der Waals surface area contributed by atoms with Crippen LogP contribution in [0.25, 0.3) is 5.70 Å². The molecular weight excluding hydrogens is 355 g/mol. The number of rotatable bonds is 3. The fourth-order valence-corrected chi connectivity index (χ4v) is 3.18. The van der Waals surface area contributed by atoms with E-state index in [1.807, 2.05) is 31.2 Å². The molecule has 0 aliphatic heterocycles. The van der Waals surface area contributed by atoms with Gasteiger partial charge in [0.15, 0.2) is 0 Å². The molecule has 5 heteroatoms. The number of nitrogens with zero attached hydrogens (tertiary/aromatic N) is 1. The predicted octanol–water partition coefficient (Wildman–Crippen LogP) is 4.84. The molecule has 0 heterocycles. The Hall–Kier alpha value is -2.79. The highest BCUT2D eigenvalue weighted by Crippen LogP contribution is 2.32. The monoisotopic (exact) mass is 382 g/mol. The van der Waals surface area contributed by atoms with Crippen LogP contribution in [0.2, 0.25) is 0 Å². The third-order valence-electron chi connectivity index (χ3n) is 4.61. The van der Waals surface area contributed by atoms with Crippen LogP contribution in [-0.4, -0.2) is 26.2 Å². The molecule has 1 fully saturated rings. The Morgan fingerprint density at radius 1 is 1.18 bits per heavy atom. The highest BCUT2D eigenvalue weighted by atomic mass is 19.1. The van der Waals surface area contributed by atoms with Gasteiger partial charge in [0.2, 0.25) is 0 Å². The van der Waals surface area contributed by atoms with Crippen molar-refractivity contribution in [1.82, 2.24) is 0 Å². The van der Waals surface area contributed by atoms with Crippen LogP contribution >= 0.6 is 0 Å². The lowest BCUT2D eigenvalue weighted by molar-refractivity contribution is -0.111. The minimum Gasteiger partial charge on any atom is -0.398 e. The molecule has 28 heavy (non-hydrogen) atoms. The molecule has 1 atom stereocenters. The number of hydrogen-bond acceptors (Lipinski definition) is 4. The first-order valence-corrected chi connectivity index (χ1v) is 9.23. The number of aliphatic imine (C=N–C) groups is 1. The Bertz CT molecular complexity index is 857. The van der Waals surface area contributed by atoms with Gasteiger partial charge in [-0.1, -0.05) is 24.3 Å². The van der Waals surface area contributed by atoms with Crippen LogP contribution in [0.15, 0.2) is 59.1 Å². The lowest BCUT2D eigenvalue weighted by Gasteiger charge is -2.24. The van der Waals surface area contributed by atoms with E-state index in [-0.39, 0.29) is 11.7 Å². The van der Waals surface area contributed by atoms with E-state index in [0.29, 0.717) is 24.2 Å². The quantitative estimate of drug-likeness (QED) is 0.773. The van der Waals surface area contributed by atoms with Gasteiger partial charge in [0.25, 0.3) is 0 Å². The number of methoxy groups -OCH3 is 1. The van der Waals surface area contributed by atoms with Crippen molar-refractivity contribution >= 4 is 23.4 Å². The van der Waals surface area contributed by atoms with E-state index in [0.717, 1.165) is 35.1 Å². The van der Waals surface area contributed by atoms with Crippen LogP contribution in [0.5, 0.6) is 0 Å². The summed E-state index contributed by atoms with van der Waals surface area (Å²) in [5.41, 5.74) is 11.7. The molecule has 1 unspecified atom stereocenters. The van der Waals surface area contributed by atoms with Gasteiger partial charge >= 0.3 is 0 Å². The molecule has 0 radical (unpaired) electrons. The van der Waals surface area contributed by atoms with Gasteiger partial charge in [-0.15, -0.1) is 0 Å². The Morgan fingerprint density at radius 2 is 1.82 bits per heavy atom. The largest absolute Gasteiger partial charge is 0.398 e. The molecular formula is C23H27FN2O2. The van der Waals surface area contributed by atoms with E-state index in [9.17, 15) is 9.18 Å². The zero-order valence-electron chi connectivity index (χ0n) is 16.6. The van der Waals surface area contributed by atoms with Crippen molar-refractivity contribution in [2.75, 3.05) is 14.2 Å². The summed E-state index contributed by atoms with van der Waals surface area (Å²) in [5, 5.41) is 0. The van der Waals surface area contributed by atoms with Crippen LogP contribution in [0.1, 0.15) is 30.4 Å². The minimum atomic E-state index is -0.298. The maximum atomic E-state index is 13.1. The van der Waals surface area contributed by atoms with Gasteiger partial charge < -0.3 is 15.3 Å². The van der Waals surface area contributed by atoms with Gasteiger partial charge in [-0.3, -0.25) is 4.99 Å². The summed E-state index contributed by atoms with van der Waals surface area (Å²) < 4.78 is 17.4. The average molecular weight is 382 g/mol. The number of carbonyl (C=O) groups is 1. The summed E-state index contributed by atoms with van der Waals surface area (Å²) in [6.45, 7) is 2.02. The molecule has 1 aliphatic carbocycles. The highest BCUT2D eigenvalue weighted by Gasteiger charge is 2.24. The average Bonchev–Trinajstić information content (AvgIpc) is 2.70. The summed E-state index contributed by atoms with van der Waals surface area (Å²) in [4.78, 5) is 15.9. The number of allylic oxidation sites excluding steroid dienone is 1. The van der Waals surface area contributed by atoms with Crippen molar-refractivity contribution < 1.29 is 13.9 Å². The molecule has 2 aromatic carbocycles. The third-order valence-corrected chi connectivity index (χ3v) is 4.61. The summed E-state index contributed by atoms with van der Waals surface area (Å²) in [7, 11) is 3.25. The second-order valence-electron chi connectivity index (χ2n) is 6.79. The first-order chi connectivity index (χ1) is 13.5. The van der Waals surface area contributed by atoms with Crippen LogP contribution in [0.4, 0.5) is 10.1 Å². The lowest BCUT2D eigenvalue weighted by Crippen LogP contribution is -2.22. The normalized spacial score (nSPS) is 19.6. The number of hydrogen-bond donors (Lipinski definition) is 1. The number of carbonyl (C=O) groups excluding carboxylic acids is 1. The number of aryl methyl sites for hydroxylation is 1. The fourth-order valence-electron chi connectivity index (χ4n) is 3.18. The second-order valence-corrected chi connectivity index (χ2v) is 6.79. The zero-order chi connectivity index (χ0) is 20.5. The molecule has 0 bridgehead atoms. The van der Waals surface area contributed by atoms with Crippen LogP contribution in [0.3, 0.4) is 0 Å². The molecule has 148 valence electrons. The molecule has 0 amide bonds. The first kappa shape index (κ1) is 21.5. The number of aldehydes is 1. The molecule has 0 spiro atoms. The Labute approximate surface area is 165 Å². The Morgan fingerprint density at radius 3 is 2.43 bits per heavy atom. The number of benzene rings is 2. The standard InChI is InChI=1S/C21H21FN2O.C2H6O/c1-14-4-2-3-5-18(14)21(23)19-11-6-15(13-25)12-20(19)24-17-9-7-16(22)8-10-17;1-3-2/h2-5,7-10,13,15H,6,11-12,23H2,1H3;1-2H3/b21-19-,24-20?;. The molecule has 2 aromatic rings. The minimum absolute atomic E-state index is 0.0485. The van der Waals surface area contributed by atoms with Crippen molar-refractivity contribution in [3.8, 4) is 0 Å². The van der Waals surface area contributed by atoms with E-state index in [1.165, 1.54) is 12.1 Å². The number of halogens is 1. The third kappa shape index (κ3) is 5.60. The molecule has 4 nitrogen and oxygen atoms in total. The van der Waals surface area contributed by atoms with Gasteiger partial charge in [-0.2, -0.15) is 0 Å². The van der Waals surface area contributed by atoms with Crippen molar-refractivity contribution in [2.24, 2.45) is 16.6 Å². The molecule has 0 aromatic heterocycles. The predicted molar refractivity (Wildman–Crippen MR) is 112 cm³/mol. The smallest absolute Gasteiger partial charge is 0.123 e. The molecule has 3 rings (SSSR count). The maximum absolute atomic E-state index is 13.1. The van der Waals surface area contributed by atoms with Gasteiger partial charge in [0.05, 0.1) is 5.69 Å². The summed E-state index contributed by atoms with van der Waals surface area (Å²) >= 11 is 0. The zero-order valence-corrected chi connectivity index (χ0v) is 16.6. The molecule has 1 aliphatic rings. The van der Waals surface area contributed by atoms with E-state index in [1.54, 1.807) is 26.4 Å². The van der Waals surface area contributed by atoms with Gasteiger partial charge in [-0.25, -0.2) is 4.39 Å². The van der Waals surface area contributed by atoms with E-state index >= 15 is 0 Å². The van der Waals surface area contributed by atoms with E-state index in [4.69, 9.17) is 5.73 Å². The van der Waals surface area contributed by atoms with Gasteiger partial charge in [-0.05, 0) is 61.6 Å². The van der Waals surface area contributed by atoms with E-state index in [2.05, 4.69) is 9.73 Å². The maximum Gasteiger partial charge on any atom is 0.123 e. The number of ether oxygens (including phenoxy) is 1. The lowest BCUT2D eigenvalue weighted by atomic mass is 9.82. The van der Waals surface area contributed by atoms with Crippen molar-refractivity contribution in [3.63, 3.8) is 0 Å². The number of nitrogens with two attached hydrogens (primary N) is 1. The highest BCUT2D eigenvalue weighted by molar-refractivity contribution is 6.08. The molecule has 2 N–H and O–H groups in total. The van der Waals surface area contributed by atoms with Crippen LogP contribution < -0.4 is 5.73 Å². The molecule has 0 saturated heterocycles. The SMILES string of the molecule is COC.Cc1ccccc1/C(N)=C1\CCC(C=O)CC1=Nc1ccc(F)cc1. The van der Waals surface area contributed by atoms with Crippen LogP contribution in [-0.2, 0) is 9.53 Å². The van der Waals surface area contributed by atoms with Crippen LogP contribution in [0, 0.1) is 18.7 Å². The topological polar surface area (TPSA) is 64.7 Å². The van der Waals surface area contributed by atoms with Gasteiger partial charge in [0.1, 0.15) is 12.1 Å². The first-order valence-electron chi connectivity index (χ1n) is 9.23. The summed E-state index contributed by atoms with van der Waals surface area (Å²) in [6.07, 6.45) is 3.03. The van der Waals surface area contributed by atoms with E-state index < -0.39 is 0 Å².